The van der Waals surface area contributed by atoms with Gasteiger partial charge in [0.15, 0.2) is 0 Å². The highest BCUT2D eigenvalue weighted by Crippen LogP contribution is 2.36. The first kappa shape index (κ1) is 17.4. The third-order valence-corrected chi connectivity index (χ3v) is 7.88. The summed E-state index contributed by atoms with van der Waals surface area (Å²) < 4.78 is 27.8. The molecule has 1 aliphatic rings. The number of nitrogens with zero attached hydrogens (tertiary/aromatic N) is 1. The number of hydrogen-bond acceptors (Lipinski definition) is 4. The SMILES string of the molecule is Cc1cc(S(=O)(=O)N2CCC(C)(CN)C2)sc1Br.Cl. The molecule has 1 unspecified atom stereocenters. The van der Waals surface area contributed by atoms with Crippen molar-refractivity contribution in [3.05, 3.63) is 15.4 Å². The topological polar surface area (TPSA) is 63.4 Å². The molecule has 2 N–H and O–H groups in total. The Morgan fingerprint density at radius 3 is 2.63 bits per heavy atom. The van der Waals surface area contributed by atoms with Crippen molar-refractivity contribution in [1.29, 1.82) is 0 Å². The van der Waals surface area contributed by atoms with Gasteiger partial charge in [0, 0.05) is 13.1 Å². The summed E-state index contributed by atoms with van der Waals surface area (Å²) in [5.41, 5.74) is 6.59. The van der Waals surface area contributed by atoms with Crippen molar-refractivity contribution in [2.75, 3.05) is 19.6 Å². The van der Waals surface area contributed by atoms with E-state index in [2.05, 4.69) is 15.9 Å². The lowest BCUT2D eigenvalue weighted by molar-refractivity contribution is 0.350. The molecule has 1 aromatic heterocycles. The third-order valence-electron chi connectivity index (χ3n) is 3.44. The van der Waals surface area contributed by atoms with Gasteiger partial charge in [0.05, 0.1) is 3.79 Å². The fraction of sp³-hybridized carbons (Fsp3) is 0.636. The number of halogens is 2. The predicted octanol–water partition coefficient (Wildman–Crippen LogP) is 2.60. The third kappa shape index (κ3) is 3.33. The molecule has 1 aliphatic heterocycles. The van der Waals surface area contributed by atoms with E-state index >= 15 is 0 Å². The Labute approximate surface area is 133 Å². The van der Waals surface area contributed by atoms with Gasteiger partial charge in [0.2, 0.25) is 0 Å². The van der Waals surface area contributed by atoms with E-state index in [0.717, 1.165) is 15.8 Å². The van der Waals surface area contributed by atoms with Gasteiger partial charge in [-0.15, -0.1) is 23.7 Å². The van der Waals surface area contributed by atoms with Crippen molar-refractivity contribution >= 4 is 49.7 Å². The van der Waals surface area contributed by atoms with Crippen LogP contribution in [0.5, 0.6) is 0 Å². The molecule has 0 amide bonds. The van der Waals surface area contributed by atoms with Gasteiger partial charge in [-0.1, -0.05) is 6.92 Å². The second kappa shape index (κ2) is 5.99. The minimum Gasteiger partial charge on any atom is -0.330 e. The van der Waals surface area contributed by atoms with E-state index in [0.29, 0.717) is 23.8 Å². The number of hydrogen-bond donors (Lipinski definition) is 1. The largest absolute Gasteiger partial charge is 0.330 e. The van der Waals surface area contributed by atoms with Gasteiger partial charge in [0.1, 0.15) is 4.21 Å². The zero-order chi connectivity index (χ0) is 13.6. The Hall–Kier alpha value is 0.340. The summed E-state index contributed by atoms with van der Waals surface area (Å²) in [7, 11) is -3.36. The van der Waals surface area contributed by atoms with Gasteiger partial charge < -0.3 is 5.73 Å². The van der Waals surface area contributed by atoms with Crippen molar-refractivity contribution in [3.63, 3.8) is 0 Å². The van der Waals surface area contributed by atoms with E-state index in [1.807, 2.05) is 13.8 Å². The molecule has 1 saturated heterocycles. The van der Waals surface area contributed by atoms with Crippen LogP contribution in [-0.2, 0) is 10.0 Å². The molecule has 110 valence electrons. The minimum absolute atomic E-state index is 0. The van der Waals surface area contributed by atoms with Crippen LogP contribution in [0, 0.1) is 12.3 Å². The number of nitrogens with two attached hydrogens (primary N) is 1. The summed E-state index contributed by atoms with van der Waals surface area (Å²) >= 11 is 4.64. The zero-order valence-corrected chi connectivity index (χ0v) is 14.9. The first-order valence-corrected chi connectivity index (χ1v) is 8.80. The van der Waals surface area contributed by atoms with Gasteiger partial charge in [-0.2, -0.15) is 4.31 Å². The molecule has 4 nitrogen and oxygen atoms in total. The minimum atomic E-state index is -3.36. The van der Waals surface area contributed by atoms with Crippen LogP contribution in [-0.4, -0.2) is 32.4 Å². The van der Waals surface area contributed by atoms with Crippen molar-refractivity contribution in [2.45, 2.75) is 24.5 Å². The van der Waals surface area contributed by atoms with Crippen LogP contribution in [0.2, 0.25) is 0 Å². The maximum absolute atomic E-state index is 12.5. The van der Waals surface area contributed by atoms with Crippen molar-refractivity contribution < 1.29 is 8.42 Å². The van der Waals surface area contributed by atoms with E-state index in [-0.39, 0.29) is 17.8 Å². The molecule has 0 saturated carbocycles. The lowest BCUT2D eigenvalue weighted by Crippen LogP contribution is -2.34. The van der Waals surface area contributed by atoms with Crippen molar-refractivity contribution in [3.8, 4) is 0 Å². The van der Waals surface area contributed by atoms with Gasteiger partial charge >= 0.3 is 0 Å². The highest BCUT2D eigenvalue weighted by molar-refractivity contribution is 9.11. The molecule has 0 spiro atoms. The summed E-state index contributed by atoms with van der Waals surface area (Å²) in [6.07, 6.45) is 0.828. The summed E-state index contributed by atoms with van der Waals surface area (Å²) in [6, 6.07) is 1.72. The standard InChI is InChI=1S/C11H17BrN2O2S2.ClH/c1-8-5-9(17-10(8)12)18(15,16)14-4-3-11(2,6-13)7-14;/h5H,3-4,6-7,13H2,1-2H3;1H. The van der Waals surface area contributed by atoms with E-state index in [4.69, 9.17) is 5.73 Å². The van der Waals surface area contributed by atoms with Gasteiger partial charge in [-0.05, 0) is 52.9 Å². The fourth-order valence-electron chi connectivity index (χ4n) is 2.04. The normalized spacial score (nSPS) is 24.4. The Kier molecular flexibility index (Phi) is 5.48. The van der Waals surface area contributed by atoms with E-state index in [1.165, 1.54) is 11.3 Å². The Bertz CT molecular complexity index is 542. The van der Waals surface area contributed by atoms with E-state index in [1.54, 1.807) is 10.4 Å². The molecule has 0 bridgehead atoms. The summed E-state index contributed by atoms with van der Waals surface area (Å²) in [6.45, 7) is 5.53. The Morgan fingerprint density at radius 1 is 1.58 bits per heavy atom. The van der Waals surface area contributed by atoms with Crippen LogP contribution in [0.15, 0.2) is 14.1 Å². The predicted molar refractivity (Wildman–Crippen MR) is 84.5 cm³/mol. The number of aryl methyl sites for hydroxylation is 1. The molecule has 1 aromatic rings. The van der Waals surface area contributed by atoms with Crippen LogP contribution in [0.1, 0.15) is 18.9 Å². The lowest BCUT2D eigenvalue weighted by atomic mass is 9.90. The maximum atomic E-state index is 12.5. The molecule has 1 atom stereocenters. The van der Waals surface area contributed by atoms with Crippen molar-refractivity contribution in [1.82, 2.24) is 4.31 Å². The number of sulfonamides is 1. The first-order chi connectivity index (χ1) is 8.28. The molecular weight excluding hydrogens is 372 g/mol. The molecule has 2 heterocycles. The van der Waals surface area contributed by atoms with Crippen LogP contribution in [0.25, 0.3) is 0 Å². The average Bonchev–Trinajstić information content (AvgIpc) is 2.86. The monoisotopic (exact) mass is 388 g/mol. The maximum Gasteiger partial charge on any atom is 0.252 e. The summed E-state index contributed by atoms with van der Waals surface area (Å²) in [5, 5.41) is 0. The quantitative estimate of drug-likeness (QED) is 0.864. The van der Waals surface area contributed by atoms with Crippen LogP contribution >= 0.6 is 39.7 Å². The molecule has 1 fully saturated rings. The van der Waals surface area contributed by atoms with E-state index in [9.17, 15) is 8.42 Å². The van der Waals surface area contributed by atoms with Gasteiger partial charge in [-0.25, -0.2) is 8.42 Å². The Balaban J connectivity index is 0.00000180. The summed E-state index contributed by atoms with van der Waals surface area (Å²) in [5.74, 6) is 0. The second-order valence-electron chi connectivity index (χ2n) is 5.13. The molecule has 19 heavy (non-hydrogen) atoms. The smallest absolute Gasteiger partial charge is 0.252 e. The molecular formula is C11H18BrClN2O2S2. The highest BCUT2D eigenvalue weighted by Gasteiger charge is 2.39. The van der Waals surface area contributed by atoms with Crippen LogP contribution in [0.4, 0.5) is 0 Å². The zero-order valence-electron chi connectivity index (χ0n) is 10.8. The van der Waals surface area contributed by atoms with Gasteiger partial charge in [-0.3, -0.25) is 0 Å². The highest BCUT2D eigenvalue weighted by atomic mass is 79.9. The Morgan fingerprint density at radius 2 is 2.21 bits per heavy atom. The number of rotatable bonds is 3. The average molecular weight is 390 g/mol. The van der Waals surface area contributed by atoms with Crippen molar-refractivity contribution in [2.24, 2.45) is 11.1 Å². The van der Waals surface area contributed by atoms with Gasteiger partial charge in [0.25, 0.3) is 10.0 Å². The van der Waals surface area contributed by atoms with Crippen LogP contribution in [0.3, 0.4) is 0 Å². The molecule has 0 aliphatic carbocycles. The molecule has 2 rings (SSSR count). The number of thiophene rings is 1. The molecule has 0 radical (unpaired) electrons. The lowest BCUT2D eigenvalue weighted by Gasteiger charge is -2.21. The van der Waals surface area contributed by atoms with E-state index < -0.39 is 10.0 Å². The molecule has 0 aromatic carbocycles. The van der Waals surface area contributed by atoms with Crippen LogP contribution < -0.4 is 5.73 Å². The second-order valence-corrected chi connectivity index (χ2v) is 9.66. The first-order valence-electron chi connectivity index (χ1n) is 5.75. The molecule has 8 heteroatoms. The fourth-order valence-corrected chi connectivity index (χ4v) is 6.01. The summed E-state index contributed by atoms with van der Waals surface area (Å²) in [4.78, 5) is 0.